The smallest absolute Gasteiger partial charge is 0.255 e. The molecule has 0 aromatic heterocycles. The Balaban J connectivity index is 1.72. The van der Waals surface area contributed by atoms with Crippen LogP contribution in [0.2, 0.25) is 0 Å². The van der Waals surface area contributed by atoms with Crippen LogP contribution in [0.1, 0.15) is 23.2 Å². The van der Waals surface area contributed by atoms with E-state index in [-0.39, 0.29) is 24.2 Å². The molecule has 2 aromatic rings. The first-order valence-electron chi connectivity index (χ1n) is 9.25. The molecular formula is C21H23N3O5. The zero-order chi connectivity index (χ0) is 20.8. The lowest BCUT2D eigenvalue weighted by Gasteiger charge is -2.24. The molecule has 0 bridgehead atoms. The summed E-state index contributed by atoms with van der Waals surface area (Å²) in [5.41, 5.74) is 6.13. The van der Waals surface area contributed by atoms with Crippen LogP contribution in [0.3, 0.4) is 0 Å². The summed E-state index contributed by atoms with van der Waals surface area (Å²) < 4.78 is 10.5. The lowest BCUT2D eigenvalue weighted by Crippen LogP contribution is -2.43. The molecule has 2 aromatic carbocycles. The van der Waals surface area contributed by atoms with Crippen molar-refractivity contribution in [2.24, 2.45) is 5.73 Å². The molecule has 3 amide bonds. The number of benzene rings is 2. The van der Waals surface area contributed by atoms with Crippen molar-refractivity contribution in [3.63, 3.8) is 0 Å². The molecule has 0 saturated carbocycles. The van der Waals surface area contributed by atoms with E-state index in [2.05, 4.69) is 5.32 Å². The molecule has 3 rings (SSSR count). The Kier molecular flexibility index (Phi) is 6.33. The van der Waals surface area contributed by atoms with Crippen LogP contribution in [0, 0.1) is 0 Å². The molecule has 1 fully saturated rings. The molecule has 1 saturated heterocycles. The van der Waals surface area contributed by atoms with E-state index >= 15 is 0 Å². The number of nitrogens with one attached hydrogen (secondary N) is 1. The summed E-state index contributed by atoms with van der Waals surface area (Å²) in [5, 5.41) is 2.81. The number of hydrogen-bond acceptors (Lipinski definition) is 5. The molecule has 1 aliphatic rings. The Hall–Kier alpha value is -3.55. The molecule has 8 nitrogen and oxygen atoms in total. The van der Waals surface area contributed by atoms with Crippen LogP contribution in [0.25, 0.3) is 0 Å². The van der Waals surface area contributed by atoms with Gasteiger partial charge < -0.3 is 25.4 Å². The van der Waals surface area contributed by atoms with E-state index in [0.717, 1.165) is 6.42 Å². The van der Waals surface area contributed by atoms with Crippen molar-refractivity contribution < 1.29 is 23.9 Å². The van der Waals surface area contributed by atoms with E-state index in [9.17, 15) is 14.4 Å². The van der Waals surface area contributed by atoms with Crippen LogP contribution in [0.5, 0.6) is 11.5 Å². The van der Waals surface area contributed by atoms with Crippen LogP contribution in [-0.4, -0.2) is 48.9 Å². The standard InChI is InChI=1S/C21H23N3O5/c1-28-17-10-9-15(12-18(17)29-13-19(22)25)23-20(26)16-8-5-11-24(16)21(27)14-6-3-2-4-7-14/h2-4,6-7,9-10,12,16H,5,8,11,13H2,1H3,(H2,22,25)(H,23,26). The van der Waals surface area contributed by atoms with Crippen LogP contribution < -0.4 is 20.5 Å². The number of anilines is 1. The third kappa shape index (κ3) is 4.84. The Labute approximate surface area is 168 Å². The van der Waals surface area contributed by atoms with Crippen molar-refractivity contribution in [1.29, 1.82) is 0 Å². The second kappa shape index (κ2) is 9.09. The Bertz CT molecular complexity index is 900. The predicted molar refractivity (Wildman–Crippen MR) is 107 cm³/mol. The minimum Gasteiger partial charge on any atom is -0.493 e. The lowest BCUT2D eigenvalue weighted by atomic mass is 10.1. The van der Waals surface area contributed by atoms with Crippen LogP contribution in [0.4, 0.5) is 5.69 Å². The number of nitrogens with zero attached hydrogens (tertiary/aromatic N) is 1. The van der Waals surface area contributed by atoms with Gasteiger partial charge in [0.1, 0.15) is 6.04 Å². The van der Waals surface area contributed by atoms with Crippen molar-refractivity contribution in [2.75, 3.05) is 25.6 Å². The zero-order valence-corrected chi connectivity index (χ0v) is 16.1. The van der Waals surface area contributed by atoms with Gasteiger partial charge in [-0.15, -0.1) is 0 Å². The molecule has 1 heterocycles. The number of amides is 3. The Morgan fingerprint density at radius 2 is 1.90 bits per heavy atom. The first kappa shape index (κ1) is 20.2. The molecule has 152 valence electrons. The molecule has 1 atom stereocenters. The number of hydrogen-bond donors (Lipinski definition) is 2. The van der Waals surface area contributed by atoms with Crippen molar-refractivity contribution in [3.8, 4) is 11.5 Å². The number of nitrogens with two attached hydrogens (primary N) is 1. The topological polar surface area (TPSA) is 111 Å². The summed E-state index contributed by atoms with van der Waals surface area (Å²) in [7, 11) is 1.47. The maximum absolute atomic E-state index is 12.8. The fourth-order valence-electron chi connectivity index (χ4n) is 3.27. The first-order valence-corrected chi connectivity index (χ1v) is 9.25. The number of ether oxygens (including phenoxy) is 2. The summed E-state index contributed by atoms with van der Waals surface area (Å²) in [6.07, 6.45) is 1.35. The summed E-state index contributed by atoms with van der Waals surface area (Å²) in [6.45, 7) is 0.219. The van der Waals surface area contributed by atoms with Crippen LogP contribution in [0.15, 0.2) is 48.5 Å². The highest BCUT2D eigenvalue weighted by molar-refractivity contribution is 6.01. The van der Waals surface area contributed by atoms with Gasteiger partial charge in [0, 0.05) is 23.9 Å². The third-order valence-electron chi connectivity index (χ3n) is 4.64. The molecule has 0 aliphatic carbocycles. The lowest BCUT2D eigenvalue weighted by molar-refractivity contribution is -0.120. The highest BCUT2D eigenvalue weighted by Gasteiger charge is 2.34. The van der Waals surface area contributed by atoms with Gasteiger partial charge >= 0.3 is 0 Å². The molecule has 3 N–H and O–H groups in total. The van der Waals surface area contributed by atoms with E-state index in [4.69, 9.17) is 15.2 Å². The van der Waals surface area contributed by atoms with Gasteiger partial charge in [0.2, 0.25) is 5.91 Å². The van der Waals surface area contributed by atoms with Gasteiger partial charge in [-0.05, 0) is 37.1 Å². The van der Waals surface area contributed by atoms with Gasteiger partial charge in [-0.3, -0.25) is 14.4 Å². The van der Waals surface area contributed by atoms with E-state index in [1.54, 1.807) is 47.4 Å². The first-order chi connectivity index (χ1) is 14.0. The highest BCUT2D eigenvalue weighted by atomic mass is 16.5. The fourth-order valence-corrected chi connectivity index (χ4v) is 3.27. The summed E-state index contributed by atoms with van der Waals surface area (Å²) in [6, 6.07) is 13.2. The number of likely N-dealkylation sites (tertiary alicyclic amines) is 1. The molecule has 0 radical (unpaired) electrons. The molecule has 8 heteroatoms. The maximum atomic E-state index is 12.8. The SMILES string of the molecule is COc1ccc(NC(=O)C2CCCN2C(=O)c2ccccc2)cc1OCC(N)=O. The van der Waals surface area contributed by atoms with Gasteiger partial charge in [-0.25, -0.2) is 0 Å². The summed E-state index contributed by atoms with van der Waals surface area (Å²) >= 11 is 0. The summed E-state index contributed by atoms with van der Waals surface area (Å²) in [5.74, 6) is -0.373. The van der Waals surface area contributed by atoms with Gasteiger partial charge in [-0.2, -0.15) is 0 Å². The average molecular weight is 397 g/mol. The molecule has 29 heavy (non-hydrogen) atoms. The summed E-state index contributed by atoms with van der Waals surface area (Å²) in [4.78, 5) is 38.2. The van der Waals surface area contributed by atoms with Crippen LogP contribution in [-0.2, 0) is 9.59 Å². The highest BCUT2D eigenvalue weighted by Crippen LogP contribution is 2.31. The van der Waals surface area contributed by atoms with E-state index in [1.165, 1.54) is 7.11 Å². The monoisotopic (exact) mass is 397 g/mol. The van der Waals surface area contributed by atoms with Crippen molar-refractivity contribution in [1.82, 2.24) is 4.90 Å². The number of primary amides is 1. The van der Waals surface area contributed by atoms with Gasteiger partial charge in [0.15, 0.2) is 18.1 Å². The normalized spacial score (nSPS) is 15.6. The largest absolute Gasteiger partial charge is 0.493 e. The minimum absolute atomic E-state index is 0.163. The van der Waals surface area contributed by atoms with Gasteiger partial charge in [-0.1, -0.05) is 18.2 Å². The fraction of sp³-hybridized carbons (Fsp3) is 0.286. The van der Waals surface area contributed by atoms with E-state index in [0.29, 0.717) is 30.0 Å². The average Bonchev–Trinajstić information content (AvgIpc) is 3.22. The zero-order valence-electron chi connectivity index (χ0n) is 16.1. The second-order valence-corrected chi connectivity index (χ2v) is 6.63. The number of carbonyl (C=O) groups excluding carboxylic acids is 3. The van der Waals surface area contributed by atoms with Gasteiger partial charge in [0.25, 0.3) is 11.8 Å². The minimum atomic E-state index is -0.623. The molecule has 1 unspecified atom stereocenters. The molecule has 1 aliphatic heterocycles. The predicted octanol–water partition coefficient (Wildman–Crippen LogP) is 1.80. The molecule has 0 spiro atoms. The van der Waals surface area contributed by atoms with Gasteiger partial charge in [0.05, 0.1) is 7.11 Å². The van der Waals surface area contributed by atoms with Crippen molar-refractivity contribution >= 4 is 23.4 Å². The number of carbonyl (C=O) groups is 3. The second-order valence-electron chi connectivity index (χ2n) is 6.63. The quantitative estimate of drug-likeness (QED) is 0.740. The van der Waals surface area contributed by atoms with Crippen molar-refractivity contribution in [2.45, 2.75) is 18.9 Å². The van der Waals surface area contributed by atoms with E-state index in [1.807, 2.05) is 6.07 Å². The van der Waals surface area contributed by atoms with Crippen LogP contribution >= 0.6 is 0 Å². The maximum Gasteiger partial charge on any atom is 0.255 e. The molecular weight excluding hydrogens is 374 g/mol. The Morgan fingerprint density at radius 1 is 1.14 bits per heavy atom. The number of methoxy groups -OCH3 is 1. The number of rotatable bonds is 7. The van der Waals surface area contributed by atoms with E-state index < -0.39 is 11.9 Å². The Morgan fingerprint density at radius 3 is 2.59 bits per heavy atom. The van der Waals surface area contributed by atoms with Crippen molar-refractivity contribution in [3.05, 3.63) is 54.1 Å². The third-order valence-corrected chi connectivity index (χ3v) is 4.64.